The van der Waals surface area contributed by atoms with Crippen molar-refractivity contribution < 1.29 is 14.3 Å². The van der Waals surface area contributed by atoms with E-state index in [1.54, 1.807) is 18.2 Å². The molecule has 6 heteroatoms. The Labute approximate surface area is 122 Å². The van der Waals surface area contributed by atoms with E-state index in [0.717, 1.165) is 18.6 Å². The van der Waals surface area contributed by atoms with Gasteiger partial charge in [0.1, 0.15) is 0 Å². The van der Waals surface area contributed by atoms with E-state index >= 15 is 0 Å². The van der Waals surface area contributed by atoms with E-state index < -0.39 is 11.8 Å². The molecule has 1 atom stereocenters. The minimum atomic E-state index is -0.635. The molecule has 0 saturated carbocycles. The van der Waals surface area contributed by atoms with Crippen LogP contribution in [-0.4, -0.2) is 31.6 Å². The third kappa shape index (κ3) is 4.51. The number of ether oxygens (including phenoxy) is 1. The Morgan fingerprint density at radius 2 is 2.10 bits per heavy atom. The van der Waals surface area contributed by atoms with Crippen molar-refractivity contribution in [2.45, 2.75) is 13.0 Å². The lowest BCUT2D eigenvalue weighted by atomic mass is 10.1. The molecule has 1 heterocycles. The van der Waals surface area contributed by atoms with Crippen LogP contribution >= 0.6 is 11.6 Å². The lowest BCUT2D eigenvalue weighted by Crippen LogP contribution is -2.41. The minimum Gasteiger partial charge on any atom is -0.381 e. The summed E-state index contributed by atoms with van der Waals surface area (Å²) in [6, 6.07) is 7.13. The molecule has 2 amide bonds. The van der Waals surface area contributed by atoms with Crippen molar-refractivity contribution >= 4 is 23.4 Å². The van der Waals surface area contributed by atoms with Gasteiger partial charge in [0.25, 0.3) is 0 Å². The normalized spacial score (nSPS) is 17.8. The topological polar surface area (TPSA) is 67.4 Å². The standard InChI is InChI=1S/C14H17ClN2O3/c15-12-3-1-2-10(6-12)7-16-13(18)14(19)17-8-11-4-5-20-9-11/h1-3,6,11H,4-5,7-9H2,(H,16,18)(H,17,19)/t11-/m1/s1. The average Bonchev–Trinajstić information content (AvgIpc) is 2.95. The van der Waals surface area contributed by atoms with Crippen LogP contribution in [0, 0.1) is 5.92 Å². The van der Waals surface area contributed by atoms with Gasteiger partial charge in [-0.2, -0.15) is 0 Å². The highest BCUT2D eigenvalue weighted by Gasteiger charge is 2.19. The molecule has 2 N–H and O–H groups in total. The van der Waals surface area contributed by atoms with E-state index in [-0.39, 0.29) is 6.54 Å². The summed E-state index contributed by atoms with van der Waals surface area (Å²) in [6.07, 6.45) is 0.921. The fraction of sp³-hybridized carbons (Fsp3) is 0.429. The first-order valence-corrected chi connectivity index (χ1v) is 6.91. The van der Waals surface area contributed by atoms with E-state index in [2.05, 4.69) is 10.6 Å². The predicted octanol–water partition coefficient (Wildman–Crippen LogP) is 1.11. The van der Waals surface area contributed by atoms with E-state index in [1.807, 2.05) is 6.07 Å². The molecule has 1 saturated heterocycles. The first kappa shape index (κ1) is 14.8. The Bertz CT molecular complexity index is 487. The quantitative estimate of drug-likeness (QED) is 0.818. The molecule has 0 bridgehead atoms. The van der Waals surface area contributed by atoms with Crippen molar-refractivity contribution in [3.8, 4) is 0 Å². The molecule has 0 unspecified atom stereocenters. The number of carbonyl (C=O) groups excluding carboxylic acids is 2. The Balaban J connectivity index is 1.72. The van der Waals surface area contributed by atoms with Gasteiger partial charge in [-0.05, 0) is 24.1 Å². The maximum absolute atomic E-state index is 11.6. The molecule has 1 aromatic carbocycles. The van der Waals surface area contributed by atoms with Gasteiger partial charge in [0.05, 0.1) is 6.61 Å². The average molecular weight is 297 g/mol. The fourth-order valence-corrected chi connectivity index (χ4v) is 2.18. The van der Waals surface area contributed by atoms with Crippen molar-refractivity contribution in [1.29, 1.82) is 0 Å². The van der Waals surface area contributed by atoms with Crippen LogP contribution < -0.4 is 10.6 Å². The second-order valence-corrected chi connectivity index (χ2v) is 5.19. The summed E-state index contributed by atoms with van der Waals surface area (Å²) in [4.78, 5) is 23.2. The summed E-state index contributed by atoms with van der Waals surface area (Å²) in [5, 5.41) is 5.77. The van der Waals surface area contributed by atoms with E-state index in [1.165, 1.54) is 0 Å². The third-order valence-electron chi connectivity index (χ3n) is 3.12. The Morgan fingerprint density at radius 1 is 1.30 bits per heavy atom. The highest BCUT2D eigenvalue weighted by Crippen LogP contribution is 2.11. The van der Waals surface area contributed by atoms with Crippen LogP contribution in [0.5, 0.6) is 0 Å². The molecule has 1 aromatic rings. The van der Waals surface area contributed by atoms with Gasteiger partial charge in [0.2, 0.25) is 0 Å². The van der Waals surface area contributed by atoms with Gasteiger partial charge in [-0.15, -0.1) is 0 Å². The molecule has 0 aromatic heterocycles. The second kappa shape index (κ2) is 7.26. The van der Waals surface area contributed by atoms with Crippen LogP contribution in [-0.2, 0) is 20.9 Å². The zero-order chi connectivity index (χ0) is 14.4. The molecular formula is C14H17ClN2O3. The number of rotatable bonds is 4. The number of halogens is 1. The monoisotopic (exact) mass is 296 g/mol. The van der Waals surface area contributed by atoms with Gasteiger partial charge in [0.15, 0.2) is 0 Å². The maximum Gasteiger partial charge on any atom is 0.309 e. The van der Waals surface area contributed by atoms with Crippen molar-refractivity contribution in [3.05, 3.63) is 34.9 Å². The fourth-order valence-electron chi connectivity index (χ4n) is 1.97. The molecule has 108 valence electrons. The van der Waals surface area contributed by atoms with E-state index in [0.29, 0.717) is 24.1 Å². The van der Waals surface area contributed by atoms with E-state index in [9.17, 15) is 9.59 Å². The Hall–Kier alpha value is -1.59. The molecule has 0 radical (unpaired) electrons. The lowest BCUT2D eigenvalue weighted by molar-refractivity contribution is -0.139. The summed E-state index contributed by atoms with van der Waals surface area (Å²) < 4.78 is 5.20. The number of nitrogens with one attached hydrogen (secondary N) is 2. The first-order chi connectivity index (χ1) is 9.65. The molecule has 2 rings (SSSR count). The van der Waals surface area contributed by atoms with Crippen LogP contribution in [0.4, 0.5) is 0 Å². The zero-order valence-electron chi connectivity index (χ0n) is 11.0. The third-order valence-corrected chi connectivity index (χ3v) is 3.36. The van der Waals surface area contributed by atoms with Crippen molar-refractivity contribution in [2.75, 3.05) is 19.8 Å². The van der Waals surface area contributed by atoms with Crippen molar-refractivity contribution in [3.63, 3.8) is 0 Å². The van der Waals surface area contributed by atoms with Gasteiger partial charge in [0, 0.05) is 30.6 Å². The van der Waals surface area contributed by atoms with Crippen LogP contribution in [0.25, 0.3) is 0 Å². The van der Waals surface area contributed by atoms with Gasteiger partial charge in [-0.25, -0.2) is 0 Å². The summed E-state index contributed by atoms with van der Waals surface area (Å²) in [5.41, 5.74) is 0.850. The summed E-state index contributed by atoms with van der Waals surface area (Å²) in [5.74, 6) is -0.942. The maximum atomic E-state index is 11.6. The highest BCUT2D eigenvalue weighted by atomic mass is 35.5. The number of amides is 2. The largest absolute Gasteiger partial charge is 0.381 e. The van der Waals surface area contributed by atoms with Crippen LogP contribution in [0.2, 0.25) is 5.02 Å². The van der Waals surface area contributed by atoms with Gasteiger partial charge >= 0.3 is 11.8 Å². The Morgan fingerprint density at radius 3 is 2.80 bits per heavy atom. The molecule has 0 spiro atoms. The molecule has 5 nitrogen and oxygen atoms in total. The molecule has 1 aliphatic rings. The molecule has 1 aliphatic heterocycles. The minimum absolute atomic E-state index is 0.277. The number of carbonyl (C=O) groups is 2. The highest BCUT2D eigenvalue weighted by molar-refractivity contribution is 6.35. The molecule has 20 heavy (non-hydrogen) atoms. The van der Waals surface area contributed by atoms with E-state index in [4.69, 9.17) is 16.3 Å². The van der Waals surface area contributed by atoms with Crippen LogP contribution in [0.1, 0.15) is 12.0 Å². The number of benzene rings is 1. The molecule has 1 fully saturated rings. The summed E-state index contributed by atoms with van der Waals surface area (Å²) in [7, 11) is 0. The summed E-state index contributed by atoms with van der Waals surface area (Å²) in [6.45, 7) is 2.12. The predicted molar refractivity (Wildman–Crippen MR) is 75.2 cm³/mol. The lowest BCUT2D eigenvalue weighted by Gasteiger charge is -2.09. The SMILES string of the molecule is O=C(NCc1cccc(Cl)c1)C(=O)NC[C@H]1CCOC1. The van der Waals surface area contributed by atoms with Crippen LogP contribution in [0.3, 0.4) is 0 Å². The smallest absolute Gasteiger partial charge is 0.309 e. The van der Waals surface area contributed by atoms with Crippen LogP contribution in [0.15, 0.2) is 24.3 Å². The second-order valence-electron chi connectivity index (χ2n) is 4.75. The molecule has 0 aliphatic carbocycles. The zero-order valence-corrected chi connectivity index (χ0v) is 11.8. The van der Waals surface area contributed by atoms with Gasteiger partial charge < -0.3 is 15.4 Å². The number of hydrogen-bond donors (Lipinski definition) is 2. The molecular weight excluding hydrogens is 280 g/mol. The first-order valence-electron chi connectivity index (χ1n) is 6.53. The van der Waals surface area contributed by atoms with Crippen molar-refractivity contribution in [1.82, 2.24) is 10.6 Å². The van der Waals surface area contributed by atoms with Crippen molar-refractivity contribution in [2.24, 2.45) is 5.92 Å². The summed E-state index contributed by atoms with van der Waals surface area (Å²) >= 11 is 5.84. The van der Waals surface area contributed by atoms with Gasteiger partial charge in [-0.1, -0.05) is 23.7 Å². The number of hydrogen-bond acceptors (Lipinski definition) is 3. The Kier molecular flexibility index (Phi) is 5.38. The van der Waals surface area contributed by atoms with Gasteiger partial charge in [-0.3, -0.25) is 9.59 Å².